The van der Waals surface area contributed by atoms with Crippen LogP contribution in [0.15, 0.2) is 98.6 Å². The molecule has 3 N–H and O–H groups in total. The fraction of sp³-hybridized carbons (Fsp3) is 0.0714. The Morgan fingerprint density at radius 2 is 1.82 bits per heavy atom. The van der Waals surface area contributed by atoms with Gasteiger partial charge in [-0.1, -0.05) is 42.5 Å². The first-order chi connectivity index (χ1) is 19.3. The summed E-state index contributed by atoms with van der Waals surface area (Å²) < 4.78 is 32.2. The first-order valence-corrected chi connectivity index (χ1v) is 14.4. The van der Waals surface area contributed by atoms with E-state index < -0.39 is 21.5 Å². The lowest BCUT2D eigenvalue weighted by atomic mass is 10.1. The number of nitrogens with one attached hydrogen (secondary N) is 2. The van der Waals surface area contributed by atoms with Crippen molar-refractivity contribution < 1.29 is 18.3 Å². The first kappa shape index (κ1) is 25.5. The minimum absolute atomic E-state index is 0.0591. The molecule has 1 aliphatic rings. The predicted molar refractivity (Wildman–Crippen MR) is 152 cm³/mol. The van der Waals surface area contributed by atoms with Crippen molar-refractivity contribution in [3.63, 3.8) is 0 Å². The van der Waals surface area contributed by atoms with Crippen molar-refractivity contribution in [3.8, 4) is 5.75 Å². The van der Waals surface area contributed by atoms with Crippen LogP contribution >= 0.6 is 11.3 Å². The van der Waals surface area contributed by atoms with Gasteiger partial charge in [0.05, 0.1) is 17.6 Å². The highest BCUT2D eigenvalue weighted by Crippen LogP contribution is 2.38. The van der Waals surface area contributed by atoms with Crippen LogP contribution in [0.3, 0.4) is 0 Å². The van der Waals surface area contributed by atoms with E-state index in [1.165, 1.54) is 10.8 Å². The van der Waals surface area contributed by atoms with E-state index in [1.807, 2.05) is 30.3 Å². The number of amidine groups is 1. The zero-order valence-electron chi connectivity index (χ0n) is 20.7. The van der Waals surface area contributed by atoms with Gasteiger partial charge < -0.3 is 20.3 Å². The summed E-state index contributed by atoms with van der Waals surface area (Å²) in [6.07, 6.45) is 2.96. The summed E-state index contributed by atoms with van der Waals surface area (Å²) in [5.74, 6) is -1.04. The van der Waals surface area contributed by atoms with Crippen LogP contribution in [0.4, 0.5) is 5.00 Å². The van der Waals surface area contributed by atoms with Crippen molar-refractivity contribution >= 4 is 49.0 Å². The van der Waals surface area contributed by atoms with Crippen LogP contribution in [-0.2, 0) is 23.1 Å². The maximum atomic E-state index is 13.8. The smallest absolute Gasteiger partial charge is 0.287 e. The Balaban J connectivity index is 1.39. The number of pyridine rings is 2. The maximum Gasteiger partial charge on any atom is 0.287 e. The van der Waals surface area contributed by atoms with Gasteiger partial charge in [0.15, 0.2) is 5.84 Å². The molecule has 0 saturated heterocycles. The number of amides is 1. The highest BCUT2D eigenvalue weighted by Gasteiger charge is 2.33. The number of hydrogen-bond acceptors (Lipinski definition) is 8. The number of rotatable bonds is 6. The second kappa shape index (κ2) is 10.1. The van der Waals surface area contributed by atoms with Crippen molar-refractivity contribution in [2.75, 3.05) is 5.32 Å². The van der Waals surface area contributed by atoms with Crippen LogP contribution in [0.25, 0.3) is 10.9 Å². The summed E-state index contributed by atoms with van der Waals surface area (Å²) >= 11 is 1.10. The van der Waals surface area contributed by atoms with Crippen LogP contribution in [0.5, 0.6) is 5.75 Å². The quantitative estimate of drug-likeness (QED) is 0.282. The second-order valence-electron chi connectivity index (χ2n) is 9.00. The van der Waals surface area contributed by atoms with Crippen molar-refractivity contribution in [1.82, 2.24) is 14.9 Å². The maximum absolute atomic E-state index is 13.8. The van der Waals surface area contributed by atoms with Gasteiger partial charge in [-0.05, 0) is 35.2 Å². The van der Waals surface area contributed by atoms with Crippen LogP contribution in [-0.4, -0.2) is 34.8 Å². The number of nitrogens with zero attached hydrogens (tertiary/aromatic N) is 3. The van der Waals surface area contributed by atoms with Crippen LogP contribution in [0.1, 0.15) is 27.0 Å². The second-order valence-corrected chi connectivity index (χ2v) is 11.4. The van der Waals surface area contributed by atoms with Gasteiger partial charge in [-0.15, -0.1) is 15.7 Å². The molecule has 5 aromatic rings. The summed E-state index contributed by atoms with van der Waals surface area (Å²) in [6, 6.07) is 19.4. The molecule has 0 saturated carbocycles. The molecular formula is C28H21N5O5S2. The summed E-state index contributed by atoms with van der Waals surface area (Å²) in [5.41, 5.74) is 1.20. The third-order valence-corrected chi connectivity index (χ3v) is 8.93. The van der Waals surface area contributed by atoms with E-state index in [9.17, 15) is 23.1 Å². The number of anilines is 1. The van der Waals surface area contributed by atoms with Crippen LogP contribution < -0.4 is 16.2 Å². The van der Waals surface area contributed by atoms with E-state index in [1.54, 1.807) is 48.0 Å². The number of carbonyl (C=O) groups is 1. The molecule has 3 aromatic heterocycles. The van der Waals surface area contributed by atoms with Crippen molar-refractivity contribution in [3.05, 3.63) is 117 Å². The third-order valence-electron chi connectivity index (χ3n) is 6.45. The average Bonchev–Trinajstić information content (AvgIpc) is 3.39. The number of benzene rings is 2. The van der Waals surface area contributed by atoms with Gasteiger partial charge in [-0.25, -0.2) is 0 Å². The molecule has 0 spiro atoms. The summed E-state index contributed by atoms with van der Waals surface area (Å²) in [5, 5.41) is 19.0. The van der Waals surface area contributed by atoms with Gasteiger partial charge in [0.2, 0.25) is 0 Å². The number of thiophene rings is 1. The van der Waals surface area contributed by atoms with Gasteiger partial charge in [-0.2, -0.15) is 8.42 Å². The standard InChI is InChI=1S/C28H21N5O5S2/c34-23-20-10-4-5-11-21(20)33(15-17-7-2-1-3-8-17)28(36)22(23)25-31-27-24(40(37,38)32-25)19(16-39-27)14-30-26(35)18-9-6-12-29-13-18/h1-13,16,34H,14-15H2,(H,30,35)(H,31,32). The molecule has 2 aromatic carbocycles. The summed E-state index contributed by atoms with van der Waals surface area (Å²) in [6.45, 7) is 0.148. The van der Waals surface area contributed by atoms with Gasteiger partial charge in [0.25, 0.3) is 21.5 Å². The molecule has 0 atom stereocenters. The Morgan fingerprint density at radius 3 is 2.60 bits per heavy atom. The number of hydrogen-bond donors (Lipinski definition) is 3. The minimum Gasteiger partial charge on any atom is -0.506 e. The molecule has 10 nitrogen and oxygen atoms in total. The lowest BCUT2D eigenvalue weighted by Crippen LogP contribution is -2.33. The molecule has 0 unspecified atom stereocenters. The molecule has 12 heteroatoms. The highest BCUT2D eigenvalue weighted by atomic mass is 32.2. The highest BCUT2D eigenvalue weighted by molar-refractivity contribution is 7.90. The third kappa shape index (κ3) is 4.52. The molecule has 40 heavy (non-hydrogen) atoms. The monoisotopic (exact) mass is 571 g/mol. The van der Waals surface area contributed by atoms with Crippen molar-refractivity contribution in [2.45, 2.75) is 18.0 Å². The van der Waals surface area contributed by atoms with Crippen molar-refractivity contribution in [1.29, 1.82) is 0 Å². The average molecular weight is 572 g/mol. The fourth-order valence-electron chi connectivity index (χ4n) is 4.58. The molecule has 0 radical (unpaired) electrons. The Bertz CT molecular complexity index is 1970. The molecule has 0 bridgehead atoms. The number of fused-ring (bicyclic) bond motifs is 2. The lowest BCUT2D eigenvalue weighted by Gasteiger charge is -2.19. The number of carbonyl (C=O) groups excluding carboxylic acids is 1. The Kier molecular flexibility index (Phi) is 6.40. The van der Waals surface area contributed by atoms with Gasteiger partial charge in [0, 0.05) is 29.9 Å². The van der Waals surface area contributed by atoms with E-state index in [0.717, 1.165) is 16.9 Å². The van der Waals surface area contributed by atoms with Gasteiger partial charge in [0.1, 0.15) is 21.2 Å². The number of aromatic nitrogens is 2. The Morgan fingerprint density at radius 1 is 1.05 bits per heavy atom. The molecule has 200 valence electrons. The zero-order chi connectivity index (χ0) is 27.9. The van der Waals surface area contributed by atoms with E-state index in [4.69, 9.17) is 0 Å². The van der Waals surface area contributed by atoms with E-state index >= 15 is 0 Å². The van der Waals surface area contributed by atoms with E-state index in [-0.39, 0.29) is 40.1 Å². The minimum atomic E-state index is -4.28. The lowest BCUT2D eigenvalue weighted by molar-refractivity contribution is 0.0950. The molecule has 6 rings (SSSR count). The van der Waals surface area contributed by atoms with E-state index in [2.05, 4.69) is 20.0 Å². The molecule has 4 heterocycles. The molecular weight excluding hydrogens is 550 g/mol. The van der Waals surface area contributed by atoms with Crippen molar-refractivity contribution in [2.24, 2.45) is 4.40 Å². The fourth-order valence-corrected chi connectivity index (χ4v) is 7.19. The number of para-hydroxylation sites is 1. The van der Waals surface area contributed by atoms with Crippen LogP contribution in [0.2, 0.25) is 0 Å². The zero-order valence-corrected chi connectivity index (χ0v) is 22.4. The molecule has 0 fully saturated rings. The summed E-state index contributed by atoms with van der Waals surface area (Å²) in [7, 11) is -4.28. The van der Waals surface area contributed by atoms with Gasteiger partial charge in [-0.3, -0.25) is 14.6 Å². The normalized spacial score (nSPS) is 13.8. The van der Waals surface area contributed by atoms with Crippen LogP contribution in [0, 0.1) is 0 Å². The molecule has 0 aliphatic carbocycles. The Hall–Kier alpha value is -4.81. The number of sulfonamides is 1. The van der Waals surface area contributed by atoms with Gasteiger partial charge >= 0.3 is 0 Å². The SMILES string of the molecule is O=C(NCc1csc2c1S(=O)(=O)N=C(c1c(O)c3ccccc3n(Cc3ccccc3)c1=O)N2)c1cccnc1. The molecule has 1 amide bonds. The summed E-state index contributed by atoms with van der Waals surface area (Å²) in [4.78, 5) is 30.1. The number of aromatic hydroxyl groups is 1. The largest absolute Gasteiger partial charge is 0.506 e. The molecule has 1 aliphatic heterocycles. The van der Waals surface area contributed by atoms with E-state index in [0.29, 0.717) is 22.0 Å². The topological polar surface area (TPSA) is 143 Å². The predicted octanol–water partition coefficient (Wildman–Crippen LogP) is 3.70. The Labute approximate surface area is 232 Å². The first-order valence-electron chi connectivity index (χ1n) is 12.1.